The zero-order valence-corrected chi connectivity index (χ0v) is 10.4. The monoisotopic (exact) mass is 246 g/mol. The van der Waals surface area contributed by atoms with Gasteiger partial charge in [-0.1, -0.05) is 6.07 Å². The van der Waals surface area contributed by atoms with Crippen LogP contribution in [0.1, 0.15) is 24.4 Å². The predicted molar refractivity (Wildman–Crippen MR) is 71.7 cm³/mol. The summed E-state index contributed by atoms with van der Waals surface area (Å²) in [7, 11) is 1.98. The molecule has 1 saturated heterocycles. The summed E-state index contributed by atoms with van der Waals surface area (Å²) in [4.78, 5) is 16.8. The average molecular weight is 246 g/mol. The van der Waals surface area contributed by atoms with Gasteiger partial charge in [-0.2, -0.15) is 0 Å². The number of aromatic amines is 2. The van der Waals surface area contributed by atoms with E-state index >= 15 is 0 Å². The van der Waals surface area contributed by atoms with E-state index in [0.717, 1.165) is 17.6 Å². The Morgan fingerprint density at radius 2 is 2.17 bits per heavy atom. The van der Waals surface area contributed by atoms with Crippen molar-refractivity contribution >= 4 is 11.0 Å². The number of rotatable bonds is 3. The molecule has 3 rings (SSSR count). The minimum atomic E-state index is -0.151. The summed E-state index contributed by atoms with van der Waals surface area (Å²) in [6.07, 6.45) is 2.42. The second-order valence-electron chi connectivity index (χ2n) is 4.85. The molecular formula is C13H18N4O. The third-order valence-corrected chi connectivity index (χ3v) is 3.71. The lowest BCUT2D eigenvalue weighted by Gasteiger charge is -2.23. The van der Waals surface area contributed by atoms with Crippen molar-refractivity contribution < 1.29 is 0 Å². The number of H-pyrrole nitrogens is 2. The fraction of sp³-hybridized carbons (Fsp3) is 0.462. The van der Waals surface area contributed by atoms with Gasteiger partial charge in [-0.05, 0) is 44.1 Å². The molecule has 96 valence electrons. The van der Waals surface area contributed by atoms with Crippen molar-refractivity contribution in [3.63, 3.8) is 0 Å². The first-order valence-electron chi connectivity index (χ1n) is 6.40. The van der Waals surface area contributed by atoms with Gasteiger partial charge in [-0.15, -0.1) is 0 Å². The van der Waals surface area contributed by atoms with E-state index in [9.17, 15) is 4.79 Å². The Morgan fingerprint density at radius 1 is 1.33 bits per heavy atom. The quantitative estimate of drug-likeness (QED) is 0.649. The SMILES string of the molecule is CNC(c1ccc2[nH]c(=O)[nH]c2c1)C1CCCN1. The van der Waals surface area contributed by atoms with E-state index in [1.54, 1.807) is 0 Å². The Morgan fingerprint density at radius 3 is 2.89 bits per heavy atom. The zero-order valence-electron chi connectivity index (χ0n) is 10.4. The molecule has 4 N–H and O–H groups in total. The number of hydrogen-bond donors (Lipinski definition) is 4. The van der Waals surface area contributed by atoms with Gasteiger partial charge in [0, 0.05) is 12.1 Å². The molecule has 0 spiro atoms. The molecule has 0 radical (unpaired) electrons. The van der Waals surface area contributed by atoms with Crippen LogP contribution in [0.2, 0.25) is 0 Å². The molecule has 1 fully saturated rings. The van der Waals surface area contributed by atoms with E-state index in [4.69, 9.17) is 0 Å². The molecule has 0 bridgehead atoms. The molecule has 0 amide bonds. The zero-order chi connectivity index (χ0) is 12.5. The number of benzene rings is 1. The highest BCUT2D eigenvalue weighted by atomic mass is 16.1. The molecule has 1 aromatic carbocycles. The highest BCUT2D eigenvalue weighted by molar-refractivity contribution is 5.75. The number of likely N-dealkylation sites (N-methyl/N-ethyl adjacent to an activating group) is 1. The number of hydrogen-bond acceptors (Lipinski definition) is 3. The third-order valence-electron chi connectivity index (χ3n) is 3.71. The van der Waals surface area contributed by atoms with Crippen LogP contribution in [0.25, 0.3) is 11.0 Å². The van der Waals surface area contributed by atoms with Crippen LogP contribution in [-0.2, 0) is 0 Å². The lowest BCUT2D eigenvalue weighted by Crippen LogP contribution is -2.36. The van der Waals surface area contributed by atoms with Crippen molar-refractivity contribution in [2.24, 2.45) is 0 Å². The molecule has 1 aliphatic heterocycles. The van der Waals surface area contributed by atoms with Gasteiger partial charge < -0.3 is 20.6 Å². The largest absolute Gasteiger partial charge is 0.323 e. The summed E-state index contributed by atoms with van der Waals surface area (Å²) < 4.78 is 0. The molecule has 1 aromatic heterocycles. The summed E-state index contributed by atoms with van der Waals surface area (Å²) >= 11 is 0. The van der Waals surface area contributed by atoms with Crippen LogP contribution in [0.15, 0.2) is 23.0 Å². The van der Waals surface area contributed by atoms with Gasteiger partial charge in [0.05, 0.1) is 11.0 Å². The van der Waals surface area contributed by atoms with Gasteiger partial charge in [-0.3, -0.25) is 0 Å². The number of aromatic nitrogens is 2. The Labute approximate surface area is 105 Å². The second kappa shape index (κ2) is 4.59. The van der Waals surface area contributed by atoms with Gasteiger partial charge in [0.1, 0.15) is 0 Å². The van der Waals surface area contributed by atoms with Crippen molar-refractivity contribution in [3.05, 3.63) is 34.2 Å². The lowest BCUT2D eigenvalue weighted by atomic mass is 9.98. The lowest BCUT2D eigenvalue weighted by molar-refractivity contribution is 0.441. The number of imidazole rings is 1. The summed E-state index contributed by atoms with van der Waals surface area (Å²) in [5, 5.41) is 6.88. The van der Waals surface area contributed by atoms with Gasteiger partial charge in [0.2, 0.25) is 0 Å². The average Bonchev–Trinajstić information content (AvgIpc) is 2.97. The summed E-state index contributed by atoms with van der Waals surface area (Å²) in [6.45, 7) is 1.09. The van der Waals surface area contributed by atoms with E-state index in [-0.39, 0.29) is 11.7 Å². The molecule has 2 unspecified atom stereocenters. The highest BCUT2D eigenvalue weighted by Crippen LogP contribution is 2.24. The normalized spacial score (nSPS) is 21.5. The maximum absolute atomic E-state index is 11.3. The van der Waals surface area contributed by atoms with E-state index in [1.165, 1.54) is 18.4 Å². The Bertz CT molecular complexity index is 594. The fourth-order valence-electron chi connectivity index (χ4n) is 2.84. The van der Waals surface area contributed by atoms with Crippen LogP contribution in [0.3, 0.4) is 0 Å². The van der Waals surface area contributed by atoms with Crippen LogP contribution >= 0.6 is 0 Å². The van der Waals surface area contributed by atoms with Crippen molar-refractivity contribution in [2.45, 2.75) is 24.9 Å². The smallest absolute Gasteiger partial charge is 0.312 e. The second-order valence-corrected chi connectivity index (χ2v) is 4.85. The number of nitrogens with one attached hydrogen (secondary N) is 4. The molecule has 1 aliphatic rings. The molecule has 0 aliphatic carbocycles. The van der Waals surface area contributed by atoms with Crippen LogP contribution in [0.4, 0.5) is 0 Å². The minimum absolute atomic E-state index is 0.151. The van der Waals surface area contributed by atoms with Crippen molar-refractivity contribution in [1.29, 1.82) is 0 Å². The number of fused-ring (bicyclic) bond motifs is 1. The molecule has 2 aromatic rings. The predicted octanol–water partition coefficient (Wildman–Crippen LogP) is 0.869. The fourth-order valence-corrected chi connectivity index (χ4v) is 2.84. The van der Waals surface area contributed by atoms with Crippen LogP contribution in [0, 0.1) is 0 Å². The summed E-state index contributed by atoms with van der Waals surface area (Å²) in [6, 6.07) is 6.84. The van der Waals surface area contributed by atoms with Gasteiger partial charge in [-0.25, -0.2) is 4.79 Å². The maximum atomic E-state index is 11.3. The summed E-state index contributed by atoms with van der Waals surface area (Å²) in [5.41, 5.74) is 2.79. The van der Waals surface area contributed by atoms with E-state index in [1.807, 2.05) is 13.1 Å². The standard InChI is InChI=1S/C13H18N4O/c1-14-12(10-3-2-6-15-10)8-4-5-9-11(7-8)17-13(18)16-9/h4-5,7,10,12,14-15H,2-3,6H2,1H3,(H2,16,17,18). The first-order chi connectivity index (χ1) is 8.78. The first kappa shape index (κ1) is 11.5. The van der Waals surface area contributed by atoms with Crippen molar-refractivity contribution in [1.82, 2.24) is 20.6 Å². The molecule has 2 atom stereocenters. The highest BCUT2D eigenvalue weighted by Gasteiger charge is 2.24. The Kier molecular flexibility index (Phi) is 2.93. The topological polar surface area (TPSA) is 72.7 Å². The molecule has 5 nitrogen and oxygen atoms in total. The van der Waals surface area contributed by atoms with Crippen molar-refractivity contribution in [2.75, 3.05) is 13.6 Å². The molecule has 0 saturated carbocycles. The van der Waals surface area contributed by atoms with Crippen molar-refractivity contribution in [3.8, 4) is 0 Å². The maximum Gasteiger partial charge on any atom is 0.323 e. The van der Waals surface area contributed by atoms with Crippen LogP contribution in [0.5, 0.6) is 0 Å². The molecule has 5 heteroatoms. The summed E-state index contributed by atoms with van der Waals surface area (Å²) in [5.74, 6) is 0. The van der Waals surface area contributed by atoms with E-state index in [2.05, 4.69) is 32.7 Å². The van der Waals surface area contributed by atoms with Gasteiger partial charge >= 0.3 is 5.69 Å². The van der Waals surface area contributed by atoms with Crippen LogP contribution < -0.4 is 16.3 Å². The van der Waals surface area contributed by atoms with Crippen LogP contribution in [-0.4, -0.2) is 29.6 Å². The van der Waals surface area contributed by atoms with E-state index in [0.29, 0.717) is 6.04 Å². The van der Waals surface area contributed by atoms with Gasteiger partial charge in [0.25, 0.3) is 0 Å². The molecule has 18 heavy (non-hydrogen) atoms. The minimum Gasteiger partial charge on any atom is -0.312 e. The molecule has 2 heterocycles. The third kappa shape index (κ3) is 1.95. The molecular weight excluding hydrogens is 228 g/mol. The first-order valence-corrected chi connectivity index (χ1v) is 6.40. The van der Waals surface area contributed by atoms with Gasteiger partial charge in [0.15, 0.2) is 0 Å². The van der Waals surface area contributed by atoms with E-state index < -0.39 is 0 Å². The Balaban J connectivity index is 1.98. The Hall–Kier alpha value is -1.59.